The monoisotopic (exact) mass is 277 g/mol. The fourth-order valence-electron chi connectivity index (χ4n) is 3.46. The minimum Gasteiger partial charge on any atom is -0.376 e. The molecule has 0 aromatic carbocycles. The number of amides is 2. The van der Waals surface area contributed by atoms with E-state index in [0.717, 1.165) is 51.7 Å². The maximum absolute atomic E-state index is 12.4. The number of urea groups is 1. The predicted molar refractivity (Wildman–Crippen MR) is 74.0 cm³/mol. The summed E-state index contributed by atoms with van der Waals surface area (Å²) in [7, 11) is 0. The van der Waals surface area contributed by atoms with Crippen LogP contribution < -0.4 is 5.32 Å². The van der Waals surface area contributed by atoms with Crippen LogP contribution in [0.2, 0.25) is 0 Å². The molecule has 0 unspecified atom stereocenters. The average Bonchev–Trinajstić information content (AvgIpc) is 2.88. The zero-order valence-electron chi connectivity index (χ0n) is 11.9. The largest absolute Gasteiger partial charge is 0.376 e. The highest BCUT2D eigenvalue weighted by molar-refractivity contribution is 5.75. The van der Waals surface area contributed by atoms with Gasteiger partial charge in [-0.25, -0.2) is 4.79 Å². The summed E-state index contributed by atoms with van der Waals surface area (Å²) >= 11 is 0. The van der Waals surface area contributed by atoms with Crippen LogP contribution >= 0.6 is 0 Å². The van der Waals surface area contributed by atoms with Crippen molar-refractivity contribution in [2.24, 2.45) is 5.41 Å². The van der Waals surface area contributed by atoms with Crippen LogP contribution in [0.1, 0.15) is 44.9 Å². The normalized spacial score (nSPS) is 31.1. The van der Waals surface area contributed by atoms with Crippen molar-refractivity contribution in [2.75, 3.05) is 19.7 Å². The first-order valence-corrected chi connectivity index (χ1v) is 7.77. The van der Waals surface area contributed by atoms with Crippen LogP contribution in [0.3, 0.4) is 0 Å². The summed E-state index contributed by atoms with van der Waals surface area (Å²) in [5.41, 5.74) is 0.0729. The Hall–Kier alpha value is -1.28. The molecular formula is C15H23N3O2. The first kappa shape index (κ1) is 13.7. The summed E-state index contributed by atoms with van der Waals surface area (Å²) in [5.74, 6) is 0. The number of rotatable bonds is 4. The Morgan fingerprint density at radius 2 is 2.25 bits per heavy atom. The Morgan fingerprint density at radius 3 is 2.90 bits per heavy atom. The second-order valence-electron chi connectivity index (χ2n) is 6.45. The summed E-state index contributed by atoms with van der Waals surface area (Å²) in [6, 6.07) is 2.52. The highest BCUT2D eigenvalue weighted by atomic mass is 16.5. The lowest BCUT2D eigenvalue weighted by atomic mass is 10.0. The zero-order chi connectivity index (χ0) is 14.0. The molecule has 2 heterocycles. The van der Waals surface area contributed by atoms with Gasteiger partial charge in [-0.05, 0) is 38.5 Å². The number of nitrogens with one attached hydrogen (secondary N) is 1. The Kier molecular flexibility index (Phi) is 3.84. The third-order valence-corrected chi connectivity index (χ3v) is 4.98. The Labute approximate surface area is 120 Å². The van der Waals surface area contributed by atoms with Gasteiger partial charge in [-0.15, -0.1) is 0 Å². The fourth-order valence-corrected chi connectivity index (χ4v) is 3.46. The third kappa shape index (κ3) is 2.76. The lowest BCUT2D eigenvalue weighted by Gasteiger charge is -2.29. The molecule has 3 aliphatic rings. The van der Waals surface area contributed by atoms with Crippen LogP contribution in [0.4, 0.5) is 4.79 Å². The maximum Gasteiger partial charge on any atom is 0.317 e. The van der Waals surface area contributed by atoms with Gasteiger partial charge in [0, 0.05) is 31.5 Å². The molecule has 5 nitrogen and oxygen atoms in total. The molecule has 1 aliphatic carbocycles. The first-order chi connectivity index (χ1) is 9.74. The van der Waals surface area contributed by atoms with Crippen molar-refractivity contribution in [3.63, 3.8) is 0 Å². The Balaban J connectivity index is 1.52. The van der Waals surface area contributed by atoms with E-state index in [4.69, 9.17) is 10.00 Å². The number of hydrogen-bond acceptors (Lipinski definition) is 3. The van der Waals surface area contributed by atoms with Crippen molar-refractivity contribution in [1.82, 2.24) is 10.2 Å². The van der Waals surface area contributed by atoms with Crippen LogP contribution in [-0.2, 0) is 4.74 Å². The summed E-state index contributed by atoms with van der Waals surface area (Å²) in [5, 5.41) is 11.9. The van der Waals surface area contributed by atoms with Gasteiger partial charge in [-0.1, -0.05) is 0 Å². The quantitative estimate of drug-likeness (QED) is 0.855. The number of nitrogens with zero attached hydrogens (tertiary/aromatic N) is 2. The predicted octanol–water partition coefficient (Wildman–Crippen LogP) is 2.03. The lowest BCUT2D eigenvalue weighted by molar-refractivity contribution is 0.0519. The van der Waals surface area contributed by atoms with Crippen molar-refractivity contribution in [3.8, 4) is 6.07 Å². The molecule has 2 atom stereocenters. The number of likely N-dealkylation sites (tertiary alicyclic amines) is 1. The molecule has 2 saturated heterocycles. The highest BCUT2D eigenvalue weighted by Crippen LogP contribution is 2.47. The molecule has 0 aromatic heterocycles. The van der Waals surface area contributed by atoms with Crippen molar-refractivity contribution >= 4 is 6.03 Å². The van der Waals surface area contributed by atoms with E-state index >= 15 is 0 Å². The van der Waals surface area contributed by atoms with E-state index < -0.39 is 0 Å². The standard InChI is InChI=1S/C15H23N3O2/c16-8-7-15(5-6-15)11-17-14(19)18-9-1-3-12(18)13-4-2-10-20-13/h12-13H,1-7,9-11H2,(H,17,19)/t12-,13+/m0/s1. The van der Waals surface area contributed by atoms with Gasteiger partial charge in [0.15, 0.2) is 0 Å². The minimum atomic E-state index is 0.0345. The van der Waals surface area contributed by atoms with Crippen LogP contribution in [0, 0.1) is 16.7 Å². The van der Waals surface area contributed by atoms with E-state index in [1.54, 1.807) is 0 Å². The molecule has 3 rings (SSSR count). The molecule has 0 aromatic rings. The summed E-state index contributed by atoms with van der Waals surface area (Å²) in [6.07, 6.45) is 7.24. The molecular weight excluding hydrogens is 254 g/mol. The van der Waals surface area contributed by atoms with Gasteiger partial charge >= 0.3 is 6.03 Å². The summed E-state index contributed by atoms with van der Waals surface area (Å²) in [6.45, 7) is 2.32. The number of carbonyl (C=O) groups excluding carboxylic acids is 1. The van der Waals surface area contributed by atoms with Gasteiger partial charge in [-0.3, -0.25) is 0 Å². The van der Waals surface area contributed by atoms with Gasteiger partial charge < -0.3 is 15.0 Å². The van der Waals surface area contributed by atoms with Gasteiger partial charge in [0.05, 0.1) is 18.2 Å². The average molecular weight is 277 g/mol. The lowest BCUT2D eigenvalue weighted by Crippen LogP contribution is -2.48. The van der Waals surface area contributed by atoms with E-state index in [0.29, 0.717) is 13.0 Å². The fraction of sp³-hybridized carbons (Fsp3) is 0.867. The molecule has 110 valence electrons. The number of ether oxygens (including phenoxy) is 1. The smallest absolute Gasteiger partial charge is 0.317 e. The summed E-state index contributed by atoms with van der Waals surface area (Å²) < 4.78 is 5.75. The second-order valence-corrected chi connectivity index (χ2v) is 6.45. The van der Waals surface area contributed by atoms with Gasteiger partial charge in [0.1, 0.15) is 0 Å². The molecule has 2 aliphatic heterocycles. The molecule has 0 bridgehead atoms. The topological polar surface area (TPSA) is 65.4 Å². The molecule has 2 amide bonds. The van der Waals surface area contributed by atoms with Crippen LogP contribution in [-0.4, -0.2) is 42.8 Å². The zero-order valence-corrected chi connectivity index (χ0v) is 11.9. The van der Waals surface area contributed by atoms with Crippen LogP contribution in [0.5, 0.6) is 0 Å². The van der Waals surface area contributed by atoms with Crippen molar-refractivity contribution in [2.45, 2.75) is 57.1 Å². The van der Waals surface area contributed by atoms with Crippen LogP contribution in [0.15, 0.2) is 0 Å². The van der Waals surface area contributed by atoms with E-state index in [1.807, 2.05) is 4.90 Å². The minimum absolute atomic E-state index is 0.0345. The summed E-state index contributed by atoms with van der Waals surface area (Å²) in [4.78, 5) is 14.3. The Bertz CT molecular complexity index is 408. The van der Waals surface area contributed by atoms with Gasteiger partial charge in [0.2, 0.25) is 0 Å². The SMILES string of the molecule is N#CCC1(CNC(=O)N2CCC[C@H]2[C@H]2CCCO2)CC1. The Morgan fingerprint density at radius 1 is 1.40 bits per heavy atom. The van der Waals surface area contributed by atoms with Crippen molar-refractivity contribution in [1.29, 1.82) is 5.26 Å². The van der Waals surface area contributed by atoms with Gasteiger partial charge in [-0.2, -0.15) is 5.26 Å². The van der Waals surface area contributed by atoms with Gasteiger partial charge in [0.25, 0.3) is 0 Å². The van der Waals surface area contributed by atoms with E-state index in [9.17, 15) is 4.79 Å². The second kappa shape index (κ2) is 5.61. The maximum atomic E-state index is 12.4. The number of carbonyl (C=O) groups is 1. The van der Waals surface area contributed by atoms with E-state index in [-0.39, 0.29) is 23.6 Å². The molecule has 1 N–H and O–H groups in total. The molecule has 3 fully saturated rings. The molecule has 1 saturated carbocycles. The van der Waals surface area contributed by atoms with Crippen molar-refractivity contribution < 1.29 is 9.53 Å². The molecule has 20 heavy (non-hydrogen) atoms. The van der Waals surface area contributed by atoms with E-state index in [1.165, 1.54) is 0 Å². The number of nitriles is 1. The van der Waals surface area contributed by atoms with E-state index in [2.05, 4.69) is 11.4 Å². The first-order valence-electron chi connectivity index (χ1n) is 7.77. The highest BCUT2D eigenvalue weighted by Gasteiger charge is 2.43. The van der Waals surface area contributed by atoms with Crippen LogP contribution in [0.25, 0.3) is 0 Å². The number of hydrogen-bond donors (Lipinski definition) is 1. The van der Waals surface area contributed by atoms with Crippen molar-refractivity contribution in [3.05, 3.63) is 0 Å². The third-order valence-electron chi connectivity index (χ3n) is 4.98. The molecule has 5 heteroatoms. The molecule has 0 spiro atoms. The molecule has 0 radical (unpaired) electrons.